The Hall–Kier alpha value is -2.51. The van der Waals surface area contributed by atoms with Gasteiger partial charge in [0.1, 0.15) is 0 Å². The summed E-state index contributed by atoms with van der Waals surface area (Å²) in [5.74, 6) is 2.73. The molecule has 3 rings (SSSR count). The SMILES string of the molecule is CCCCCCCCP(CCCCCCCC)(Oc1cccc(C(C)(C)C)c1C(C)(C)C)(Oc1cccc(C(C)(C)C)c1C(C)(C)C)Oc1cccc(C(C)(C)C)c1C(C)(C)C. The molecule has 0 radical (unpaired) electrons. The standard InChI is InChI=1S/C58H97O3P/c1-21-23-25-27-29-31-42-62(43-32-30-28-26-24-22-2,59-47-39-33-36-44(53(3,4)5)50(47)56(12,13)14,60-48-40-34-37-45(54(6,7)8)51(48)57(15,16)17)61-49-41-35-38-46(55(9,10)11)52(49)58(18,19)20/h33-41H,21-32,42-43H2,1-20H3. The second-order valence-corrected chi connectivity index (χ2v) is 28.9. The van der Waals surface area contributed by atoms with Gasteiger partial charge in [-0.25, -0.2) is 0 Å². The second-order valence-electron chi connectivity index (χ2n) is 25.0. The van der Waals surface area contributed by atoms with E-state index < -0.39 is 7.28 Å². The third-order valence-corrected chi connectivity index (χ3v) is 16.7. The first kappa shape index (κ1) is 53.8. The van der Waals surface area contributed by atoms with Crippen LogP contribution < -0.4 is 13.6 Å². The van der Waals surface area contributed by atoms with Crippen LogP contribution in [0.1, 0.15) is 249 Å². The van der Waals surface area contributed by atoms with Gasteiger partial charge < -0.3 is 0 Å². The van der Waals surface area contributed by atoms with Crippen molar-refractivity contribution in [3.63, 3.8) is 0 Å². The average molecular weight is 873 g/mol. The monoisotopic (exact) mass is 873 g/mol. The maximum absolute atomic E-state index is 8.32. The zero-order chi connectivity index (χ0) is 47.0. The Bertz CT molecular complexity index is 1650. The Balaban J connectivity index is 2.71. The predicted molar refractivity (Wildman–Crippen MR) is 277 cm³/mol. The first-order chi connectivity index (χ1) is 28.4. The molecule has 0 unspecified atom stereocenters. The summed E-state index contributed by atoms with van der Waals surface area (Å²) in [6.45, 7) is 46.7. The van der Waals surface area contributed by atoms with Crippen LogP contribution in [0, 0.1) is 0 Å². The molecular weight excluding hydrogens is 776 g/mol. The summed E-state index contributed by atoms with van der Waals surface area (Å²) in [6, 6.07) is 20.3. The third-order valence-electron chi connectivity index (χ3n) is 12.5. The van der Waals surface area contributed by atoms with Gasteiger partial charge in [0.25, 0.3) is 0 Å². The molecule has 0 heterocycles. The fourth-order valence-electron chi connectivity index (χ4n) is 9.51. The van der Waals surface area contributed by atoms with Gasteiger partial charge in [-0.2, -0.15) is 0 Å². The summed E-state index contributed by atoms with van der Waals surface area (Å²) in [5.41, 5.74) is 6.78. The molecule has 0 aliphatic heterocycles. The van der Waals surface area contributed by atoms with Crippen LogP contribution in [0.2, 0.25) is 0 Å². The molecule has 3 aromatic carbocycles. The molecule has 0 atom stereocenters. The van der Waals surface area contributed by atoms with Gasteiger partial charge in [0, 0.05) is 0 Å². The molecule has 4 heteroatoms. The molecule has 62 heavy (non-hydrogen) atoms. The summed E-state index contributed by atoms with van der Waals surface area (Å²) in [7, 11) is -4.33. The number of benzene rings is 3. The van der Waals surface area contributed by atoms with Gasteiger partial charge in [0.2, 0.25) is 0 Å². The Morgan fingerprint density at radius 3 is 0.790 bits per heavy atom. The van der Waals surface area contributed by atoms with E-state index in [2.05, 4.69) is 193 Å². The van der Waals surface area contributed by atoms with Crippen molar-refractivity contribution < 1.29 is 13.6 Å². The zero-order valence-corrected chi connectivity index (χ0v) is 45.2. The first-order valence-corrected chi connectivity index (χ1v) is 27.3. The van der Waals surface area contributed by atoms with Crippen LogP contribution in [0.15, 0.2) is 54.6 Å². The fourth-order valence-corrected chi connectivity index (χ4v) is 13.8. The Labute approximate surface area is 384 Å². The van der Waals surface area contributed by atoms with Crippen LogP contribution in [-0.2, 0) is 32.5 Å². The molecule has 0 fully saturated rings. The predicted octanol–water partition coefficient (Wildman–Crippen LogP) is 19.0. The van der Waals surface area contributed by atoms with Gasteiger partial charge in [-0.3, -0.25) is 0 Å². The van der Waals surface area contributed by atoms with Crippen LogP contribution in [0.25, 0.3) is 0 Å². The average Bonchev–Trinajstić information content (AvgIpc) is 3.12. The molecule has 3 aromatic rings. The second kappa shape index (κ2) is 20.8. The minimum absolute atomic E-state index is 0.0976. The van der Waals surface area contributed by atoms with Gasteiger partial charge in [0.15, 0.2) is 0 Å². The van der Waals surface area contributed by atoms with Crippen molar-refractivity contribution in [2.24, 2.45) is 0 Å². The van der Waals surface area contributed by atoms with Gasteiger partial charge in [-0.1, -0.05) is 0 Å². The number of unbranched alkanes of at least 4 members (excludes halogenated alkanes) is 10. The van der Waals surface area contributed by atoms with Crippen LogP contribution in [0.4, 0.5) is 0 Å². The van der Waals surface area contributed by atoms with E-state index in [0.29, 0.717) is 12.3 Å². The molecule has 352 valence electrons. The quantitative estimate of drug-likeness (QED) is 0.0836. The molecule has 0 amide bonds. The van der Waals surface area contributed by atoms with E-state index in [9.17, 15) is 0 Å². The molecule has 0 aromatic heterocycles. The minimum atomic E-state index is -4.33. The van der Waals surface area contributed by atoms with Gasteiger partial charge in [0.05, 0.1) is 0 Å². The van der Waals surface area contributed by atoms with Crippen LogP contribution >= 0.6 is 7.28 Å². The number of hydrogen-bond acceptors (Lipinski definition) is 3. The van der Waals surface area contributed by atoms with Crippen LogP contribution in [0.3, 0.4) is 0 Å². The summed E-state index contributed by atoms with van der Waals surface area (Å²) in [4.78, 5) is 0. The van der Waals surface area contributed by atoms with Crippen molar-refractivity contribution in [3.8, 4) is 17.2 Å². The number of hydrogen-bond donors (Lipinski definition) is 0. The molecule has 0 saturated heterocycles. The topological polar surface area (TPSA) is 27.7 Å². The van der Waals surface area contributed by atoms with E-state index in [1.165, 1.54) is 84.7 Å². The molecule has 0 spiro atoms. The van der Waals surface area contributed by atoms with Gasteiger partial charge >= 0.3 is 386 Å². The van der Waals surface area contributed by atoms with Gasteiger partial charge in [-0.05, 0) is 0 Å². The van der Waals surface area contributed by atoms with E-state index in [4.69, 9.17) is 13.6 Å². The molecule has 0 saturated carbocycles. The van der Waals surface area contributed by atoms with E-state index in [1.54, 1.807) is 0 Å². The van der Waals surface area contributed by atoms with Crippen molar-refractivity contribution >= 4 is 7.28 Å². The van der Waals surface area contributed by atoms with E-state index in [-0.39, 0.29) is 32.5 Å². The van der Waals surface area contributed by atoms with Crippen LogP contribution in [-0.4, -0.2) is 12.3 Å². The molecular formula is C58H97O3P. The van der Waals surface area contributed by atoms with Crippen molar-refractivity contribution in [3.05, 3.63) is 88.0 Å². The van der Waals surface area contributed by atoms with Crippen molar-refractivity contribution in [1.82, 2.24) is 0 Å². The molecule has 3 nitrogen and oxygen atoms in total. The summed E-state index contributed by atoms with van der Waals surface area (Å²) >= 11 is 0. The Kier molecular flexibility index (Phi) is 18.0. The summed E-state index contributed by atoms with van der Waals surface area (Å²) in [6.07, 6.45) is 15.5. The van der Waals surface area contributed by atoms with E-state index in [0.717, 1.165) is 42.9 Å². The maximum atomic E-state index is 8.32. The zero-order valence-electron chi connectivity index (χ0n) is 44.3. The first-order valence-electron chi connectivity index (χ1n) is 24.9. The van der Waals surface area contributed by atoms with Crippen molar-refractivity contribution in [1.29, 1.82) is 0 Å². The van der Waals surface area contributed by atoms with Crippen LogP contribution in [0.5, 0.6) is 17.2 Å². The Morgan fingerprint density at radius 1 is 0.323 bits per heavy atom. The molecule has 0 bridgehead atoms. The van der Waals surface area contributed by atoms with E-state index >= 15 is 0 Å². The van der Waals surface area contributed by atoms with Crippen molar-refractivity contribution in [2.45, 2.75) is 248 Å². The molecule has 0 aliphatic carbocycles. The van der Waals surface area contributed by atoms with Crippen molar-refractivity contribution in [2.75, 3.05) is 12.3 Å². The third kappa shape index (κ3) is 14.2. The van der Waals surface area contributed by atoms with E-state index in [1.807, 2.05) is 0 Å². The fraction of sp³-hybridized carbons (Fsp3) is 0.690. The Morgan fingerprint density at radius 2 is 0.565 bits per heavy atom. The summed E-state index contributed by atoms with van der Waals surface area (Å²) < 4.78 is 25.0. The van der Waals surface area contributed by atoms with Gasteiger partial charge in [-0.15, -0.1) is 0 Å². The normalized spacial score (nSPS) is 14.1. The summed E-state index contributed by atoms with van der Waals surface area (Å²) in [5, 5.41) is 0. The molecule has 0 N–H and O–H groups in total. The number of rotatable bonds is 20. The molecule has 0 aliphatic rings.